The monoisotopic (exact) mass is 203 g/mol. The number of nitrogens with two attached hydrogens (primary N) is 1. The van der Waals surface area contributed by atoms with E-state index in [0.29, 0.717) is 5.92 Å². The average Bonchev–Trinajstić information content (AvgIpc) is 2.62. The van der Waals surface area contributed by atoms with Gasteiger partial charge in [0.1, 0.15) is 0 Å². The molecule has 1 atom stereocenters. The van der Waals surface area contributed by atoms with Crippen molar-refractivity contribution in [1.29, 1.82) is 0 Å². The molecule has 0 aliphatic heterocycles. The molecule has 0 fully saturated rings. The van der Waals surface area contributed by atoms with Gasteiger partial charge in [0.05, 0.1) is 17.4 Å². The lowest BCUT2D eigenvalue weighted by Crippen LogP contribution is -2.12. The van der Waals surface area contributed by atoms with Gasteiger partial charge < -0.3 is 10.7 Å². The van der Waals surface area contributed by atoms with E-state index in [2.05, 4.69) is 35.9 Å². The molecule has 1 aromatic carbocycles. The second kappa shape index (κ2) is 4.03. The minimum absolute atomic E-state index is 0.123. The third-order valence-electron chi connectivity index (χ3n) is 2.60. The molecule has 2 aromatic rings. The van der Waals surface area contributed by atoms with Crippen LogP contribution in [0, 0.1) is 5.92 Å². The van der Waals surface area contributed by atoms with Gasteiger partial charge in [-0.05, 0) is 30.0 Å². The number of hydrogen-bond donors (Lipinski definition) is 2. The number of nitrogens with zero attached hydrogens (tertiary/aromatic N) is 1. The number of nitrogens with one attached hydrogen (secondary N) is 1. The normalized spacial score (nSPS) is 13.6. The largest absolute Gasteiger partial charge is 0.345 e. The van der Waals surface area contributed by atoms with Crippen LogP contribution >= 0.6 is 0 Å². The molecular weight excluding hydrogens is 186 g/mol. The molecule has 1 heterocycles. The second-order valence-electron chi connectivity index (χ2n) is 4.42. The van der Waals surface area contributed by atoms with Crippen LogP contribution in [0.15, 0.2) is 24.5 Å². The maximum atomic E-state index is 6.12. The number of aromatic nitrogens is 2. The van der Waals surface area contributed by atoms with Crippen LogP contribution in [-0.2, 0) is 0 Å². The number of imidazole rings is 1. The van der Waals surface area contributed by atoms with Gasteiger partial charge in [-0.15, -0.1) is 0 Å². The van der Waals surface area contributed by atoms with Gasteiger partial charge in [0, 0.05) is 6.04 Å². The molecule has 0 aliphatic carbocycles. The van der Waals surface area contributed by atoms with Crippen LogP contribution in [0.4, 0.5) is 0 Å². The standard InChI is InChI=1S/C12H17N3/c1-8(2)5-10(13)9-3-4-11-12(6-9)15-7-14-11/h3-4,6-8,10H,5,13H2,1-2H3,(H,14,15). The summed E-state index contributed by atoms with van der Waals surface area (Å²) in [7, 11) is 0. The summed E-state index contributed by atoms with van der Waals surface area (Å²) in [6.45, 7) is 4.38. The van der Waals surface area contributed by atoms with Gasteiger partial charge in [-0.1, -0.05) is 19.9 Å². The van der Waals surface area contributed by atoms with Crippen LogP contribution in [0.3, 0.4) is 0 Å². The van der Waals surface area contributed by atoms with E-state index in [-0.39, 0.29) is 6.04 Å². The van der Waals surface area contributed by atoms with Gasteiger partial charge in [0.25, 0.3) is 0 Å². The van der Waals surface area contributed by atoms with Crippen molar-refractivity contribution in [2.45, 2.75) is 26.3 Å². The number of fused-ring (bicyclic) bond motifs is 1. The van der Waals surface area contributed by atoms with E-state index in [1.54, 1.807) is 6.33 Å². The van der Waals surface area contributed by atoms with E-state index in [1.807, 2.05) is 6.07 Å². The molecular formula is C12H17N3. The van der Waals surface area contributed by atoms with Gasteiger partial charge >= 0.3 is 0 Å². The Morgan fingerprint density at radius 3 is 2.93 bits per heavy atom. The Morgan fingerprint density at radius 1 is 1.40 bits per heavy atom. The van der Waals surface area contributed by atoms with Crippen molar-refractivity contribution in [3.05, 3.63) is 30.1 Å². The first kappa shape index (κ1) is 10.2. The molecule has 0 aliphatic rings. The highest BCUT2D eigenvalue weighted by atomic mass is 14.9. The zero-order chi connectivity index (χ0) is 10.8. The summed E-state index contributed by atoms with van der Waals surface area (Å²) in [6, 6.07) is 6.30. The maximum absolute atomic E-state index is 6.12. The van der Waals surface area contributed by atoms with Crippen LogP contribution in [-0.4, -0.2) is 9.97 Å². The number of H-pyrrole nitrogens is 1. The molecule has 3 heteroatoms. The highest BCUT2D eigenvalue weighted by molar-refractivity contribution is 5.75. The summed E-state index contributed by atoms with van der Waals surface area (Å²) in [5.41, 5.74) is 9.36. The quantitative estimate of drug-likeness (QED) is 0.805. The highest BCUT2D eigenvalue weighted by Gasteiger charge is 2.09. The van der Waals surface area contributed by atoms with Crippen molar-refractivity contribution >= 4 is 11.0 Å². The number of aromatic amines is 1. The Kier molecular flexibility index (Phi) is 2.73. The van der Waals surface area contributed by atoms with Gasteiger partial charge in [-0.25, -0.2) is 4.98 Å². The number of hydrogen-bond acceptors (Lipinski definition) is 2. The Morgan fingerprint density at radius 2 is 2.20 bits per heavy atom. The predicted octanol–water partition coefficient (Wildman–Crippen LogP) is 2.61. The molecule has 0 bridgehead atoms. The summed E-state index contributed by atoms with van der Waals surface area (Å²) in [4.78, 5) is 7.29. The lowest BCUT2D eigenvalue weighted by atomic mass is 9.98. The molecule has 3 nitrogen and oxygen atoms in total. The van der Waals surface area contributed by atoms with Crippen LogP contribution in [0.25, 0.3) is 11.0 Å². The molecule has 2 rings (SSSR count). The third kappa shape index (κ3) is 2.18. The second-order valence-corrected chi connectivity index (χ2v) is 4.42. The Bertz CT molecular complexity index is 445. The summed E-state index contributed by atoms with van der Waals surface area (Å²) < 4.78 is 0. The smallest absolute Gasteiger partial charge is 0.0931 e. The van der Waals surface area contributed by atoms with Crippen molar-refractivity contribution in [3.63, 3.8) is 0 Å². The predicted molar refractivity (Wildman–Crippen MR) is 62.5 cm³/mol. The van der Waals surface area contributed by atoms with Gasteiger partial charge in [-0.2, -0.15) is 0 Å². The van der Waals surface area contributed by atoms with Crippen LogP contribution < -0.4 is 5.73 Å². The molecule has 0 spiro atoms. The first-order valence-corrected chi connectivity index (χ1v) is 5.35. The third-order valence-corrected chi connectivity index (χ3v) is 2.60. The SMILES string of the molecule is CC(C)CC(N)c1ccc2nc[nH]c2c1. The molecule has 1 unspecified atom stereocenters. The number of rotatable bonds is 3. The molecule has 3 N–H and O–H groups in total. The summed E-state index contributed by atoms with van der Waals surface area (Å²) in [6.07, 6.45) is 2.72. The van der Waals surface area contributed by atoms with Crippen molar-refractivity contribution in [3.8, 4) is 0 Å². The fraction of sp³-hybridized carbons (Fsp3) is 0.417. The average molecular weight is 203 g/mol. The molecule has 1 aromatic heterocycles. The first-order valence-electron chi connectivity index (χ1n) is 5.35. The Labute approximate surface area is 89.7 Å². The molecule has 80 valence electrons. The van der Waals surface area contributed by atoms with E-state index in [4.69, 9.17) is 5.73 Å². The first-order chi connectivity index (χ1) is 7.16. The summed E-state index contributed by atoms with van der Waals surface area (Å²) in [5, 5.41) is 0. The van der Waals surface area contributed by atoms with Crippen molar-refractivity contribution in [2.24, 2.45) is 11.7 Å². The minimum Gasteiger partial charge on any atom is -0.345 e. The van der Waals surface area contributed by atoms with E-state index >= 15 is 0 Å². The Balaban J connectivity index is 2.27. The Hall–Kier alpha value is -1.35. The van der Waals surface area contributed by atoms with Crippen molar-refractivity contribution < 1.29 is 0 Å². The lowest BCUT2D eigenvalue weighted by molar-refractivity contribution is 0.510. The minimum atomic E-state index is 0.123. The zero-order valence-electron chi connectivity index (χ0n) is 9.20. The highest BCUT2D eigenvalue weighted by Crippen LogP contribution is 2.21. The van der Waals surface area contributed by atoms with Crippen LogP contribution in [0.1, 0.15) is 31.9 Å². The maximum Gasteiger partial charge on any atom is 0.0931 e. The summed E-state index contributed by atoms with van der Waals surface area (Å²) >= 11 is 0. The molecule has 0 saturated heterocycles. The van der Waals surface area contributed by atoms with Crippen molar-refractivity contribution in [1.82, 2.24) is 9.97 Å². The fourth-order valence-corrected chi connectivity index (χ4v) is 1.83. The summed E-state index contributed by atoms with van der Waals surface area (Å²) in [5.74, 6) is 0.623. The van der Waals surface area contributed by atoms with E-state index in [0.717, 1.165) is 17.5 Å². The molecule has 0 amide bonds. The topological polar surface area (TPSA) is 54.7 Å². The van der Waals surface area contributed by atoms with Crippen LogP contribution in [0.2, 0.25) is 0 Å². The van der Waals surface area contributed by atoms with Crippen LogP contribution in [0.5, 0.6) is 0 Å². The lowest BCUT2D eigenvalue weighted by Gasteiger charge is -2.14. The van der Waals surface area contributed by atoms with E-state index in [1.165, 1.54) is 5.56 Å². The zero-order valence-corrected chi connectivity index (χ0v) is 9.20. The van der Waals surface area contributed by atoms with E-state index < -0.39 is 0 Å². The van der Waals surface area contributed by atoms with Gasteiger partial charge in [-0.3, -0.25) is 0 Å². The molecule has 0 saturated carbocycles. The molecule has 0 radical (unpaired) electrons. The van der Waals surface area contributed by atoms with Gasteiger partial charge in [0.15, 0.2) is 0 Å². The van der Waals surface area contributed by atoms with Gasteiger partial charge in [0.2, 0.25) is 0 Å². The number of benzene rings is 1. The van der Waals surface area contributed by atoms with Crippen molar-refractivity contribution in [2.75, 3.05) is 0 Å². The fourth-order valence-electron chi connectivity index (χ4n) is 1.83. The molecule has 15 heavy (non-hydrogen) atoms. The van der Waals surface area contributed by atoms with E-state index in [9.17, 15) is 0 Å².